The summed E-state index contributed by atoms with van der Waals surface area (Å²) in [4.78, 5) is 127. The van der Waals surface area contributed by atoms with Crippen LogP contribution < -0.4 is 70.2 Å². The summed E-state index contributed by atoms with van der Waals surface area (Å²) >= 11 is 0. The van der Waals surface area contributed by atoms with E-state index in [9.17, 15) is 52.7 Å². The van der Waals surface area contributed by atoms with Gasteiger partial charge in [0.2, 0.25) is 5.91 Å². The van der Waals surface area contributed by atoms with Crippen LogP contribution in [0, 0.1) is 54.7 Å². The Morgan fingerprint density at radius 1 is 0.484 bits per heavy atom. The van der Waals surface area contributed by atoms with Gasteiger partial charge in [-0.15, -0.1) is 0 Å². The minimum atomic E-state index is -1.11. The summed E-state index contributed by atoms with van der Waals surface area (Å²) in [6.07, 6.45) is 8.49. The average molecular weight is 1350 g/mol. The Bertz CT molecular complexity index is 2410. The first kappa shape index (κ1) is 94.8. The number of imide groups is 1. The Hall–Kier alpha value is -2.64. The molecule has 0 radical (unpaired) electrons. The summed E-state index contributed by atoms with van der Waals surface area (Å²) in [6, 6.07) is -0.859. The van der Waals surface area contributed by atoms with Crippen LogP contribution in [0.4, 0.5) is 4.79 Å². The molecule has 0 bridgehead atoms. The van der Waals surface area contributed by atoms with Crippen LogP contribution in [0.2, 0.25) is 39.3 Å². The van der Waals surface area contributed by atoms with E-state index >= 15 is 0 Å². The molecule has 0 unspecified atom stereocenters. The number of hydrogen-bond donors (Lipinski definition) is 0. The van der Waals surface area contributed by atoms with Crippen LogP contribution in [0.3, 0.4) is 0 Å². The first-order chi connectivity index (χ1) is 39.4. The second-order valence-electron chi connectivity index (χ2n) is 32.4. The van der Waals surface area contributed by atoms with Crippen molar-refractivity contribution >= 4 is 81.6 Å². The van der Waals surface area contributed by atoms with Crippen molar-refractivity contribution in [2.75, 3.05) is 42.7 Å². The standard InChI is InChI=1S/C11H17NO5.2C10H16O3.2C10H18O2.C9H14O3.C6H18NSi2.K.Li.H2O/c1-11(2,3)17-10(15)12-7(9(14)16-4)5-6-8(12)13;2*1-9(2)6-10(3,5-7(9)11)8(12)13-4;2*1-9(2)5-6-10(3,7-9)8(11)12-4;1-9(2)5-6(4-7(9)10)8(11)12-3;1-8(2,3)7-9(4,5)6;;;/h7H,5-6H2,1-4H3;2*5-6H2,1-4H3;2*5-7H2,1-4H3;6H,4-5H2,1-3H3;1-6H3;;;1H2/q;;;;;;-1;2*+1;/p-1/t7-;4*10-;6-;;;;/m000000..../s1. The van der Waals surface area contributed by atoms with Crippen LogP contribution in [-0.4, -0.2) is 146 Å². The molecule has 2 amide bonds. The Morgan fingerprint density at radius 3 is 1.03 bits per heavy atom. The van der Waals surface area contributed by atoms with Crippen LogP contribution >= 0.6 is 0 Å². The third-order valence-corrected chi connectivity index (χ3v) is 22.2. The largest absolute Gasteiger partial charge is 1.00 e. The number of nitrogens with zero attached hydrogens (tertiary/aromatic N) is 2. The van der Waals surface area contributed by atoms with Crippen molar-refractivity contribution in [3.8, 4) is 0 Å². The number of carbonyl (C=O) groups excluding carboxylic acids is 11. The zero-order valence-electron chi connectivity index (χ0n) is 62.2. The summed E-state index contributed by atoms with van der Waals surface area (Å²) in [5, 5.41) is 0. The van der Waals surface area contributed by atoms with Gasteiger partial charge in [-0.1, -0.05) is 125 Å². The molecule has 91 heavy (non-hydrogen) atoms. The Kier molecular flexibility index (Phi) is 38.1. The Labute approximate surface area is 603 Å². The molecule has 1 N–H and O–H groups in total. The summed E-state index contributed by atoms with van der Waals surface area (Å²) in [7, 11) is 6.04. The monoisotopic (exact) mass is 1340 g/mol. The van der Waals surface area contributed by atoms with Gasteiger partial charge in [0.05, 0.1) is 70.2 Å². The topological polar surface area (TPSA) is 300 Å². The van der Waals surface area contributed by atoms with Gasteiger partial charge in [-0.25, -0.2) is 14.5 Å². The number of hydrogen-bond acceptors (Lipinski definition) is 19. The van der Waals surface area contributed by atoms with E-state index in [1.165, 1.54) is 42.7 Å². The van der Waals surface area contributed by atoms with E-state index in [0.717, 1.165) is 43.4 Å². The maximum atomic E-state index is 11.8. The molecule has 5 aliphatic carbocycles. The predicted molar refractivity (Wildman–Crippen MR) is 345 cm³/mol. The second kappa shape index (κ2) is 36.6. The van der Waals surface area contributed by atoms with Crippen molar-refractivity contribution < 1.29 is 162 Å². The number of rotatable bonds is 8. The van der Waals surface area contributed by atoms with Gasteiger partial charge in [0.15, 0.2) is 0 Å². The minimum Gasteiger partial charge on any atom is -0.870 e. The Balaban J connectivity index is -0.000000486. The normalized spacial score (nSPS) is 26.7. The summed E-state index contributed by atoms with van der Waals surface area (Å²) in [5.74, 6) is -1.64. The number of ketones is 3. The molecule has 0 aromatic heterocycles. The quantitative estimate of drug-likeness (QED) is 0.134. The summed E-state index contributed by atoms with van der Waals surface area (Å²) in [5.41, 5.74) is -2.82. The summed E-state index contributed by atoms with van der Waals surface area (Å²) in [6.45, 7) is 46.6. The number of Topliss-reactive ketones (excluding diaryl/α,β-unsaturated/α-hetero) is 3. The number of carbonyl (C=O) groups is 11. The zero-order chi connectivity index (χ0) is 69.6. The van der Waals surface area contributed by atoms with Gasteiger partial charge < -0.3 is 43.3 Å². The number of methoxy groups -OCH3 is 6. The van der Waals surface area contributed by atoms with Crippen LogP contribution in [0.5, 0.6) is 0 Å². The van der Waals surface area contributed by atoms with Crippen molar-refractivity contribution in [2.24, 2.45) is 54.7 Å². The Morgan fingerprint density at radius 2 is 0.813 bits per heavy atom. The fourth-order valence-electron chi connectivity index (χ4n) is 13.0. The third-order valence-electron chi connectivity index (χ3n) is 16.9. The predicted octanol–water partition coefficient (Wildman–Crippen LogP) is 6.97. The van der Waals surface area contributed by atoms with Crippen molar-refractivity contribution in [2.45, 2.75) is 259 Å². The molecule has 1 heterocycles. The van der Waals surface area contributed by atoms with Gasteiger partial charge in [0.25, 0.3) is 0 Å². The van der Waals surface area contributed by atoms with Crippen molar-refractivity contribution in [1.29, 1.82) is 0 Å². The summed E-state index contributed by atoms with van der Waals surface area (Å²) < 4.78 is 38.0. The van der Waals surface area contributed by atoms with Gasteiger partial charge in [-0.2, -0.15) is 0 Å². The molecular weight excluding hydrogens is 1230 g/mol. The molecule has 6 atom stereocenters. The number of ether oxygens (including phenoxy) is 7. The molecule has 5 saturated carbocycles. The molecule has 6 aliphatic rings. The smallest absolute Gasteiger partial charge is 0.870 e. The average Bonchev–Trinajstić information content (AvgIpc) is 4.17. The van der Waals surface area contributed by atoms with Gasteiger partial charge in [-0.05, 0) is 124 Å². The molecule has 6 rings (SSSR count). The van der Waals surface area contributed by atoms with Crippen LogP contribution in [0.25, 0.3) is 4.65 Å². The van der Waals surface area contributed by atoms with Gasteiger partial charge in [0.1, 0.15) is 29.0 Å². The molecule has 1 aliphatic heterocycles. The molecule has 0 aromatic carbocycles. The fourth-order valence-corrected chi connectivity index (χ4v) is 21.1. The van der Waals surface area contributed by atoms with Crippen LogP contribution in [0.15, 0.2) is 0 Å². The minimum absolute atomic E-state index is 0. The van der Waals surface area contributed by atoms with Gasteiger partial charge >= 0.3 is 112 Å². The van der Waals surface area contributed by atoms with E-state index in [4.69, 9.17) is 18.9 Å². The van der Waals surface area contributed by atoms with E-state index in [2.05, 4.69) is 85.9 Å². The fraction of sp³-hybridized carbons (Fsp3) is 0.833. The molecule has 0 spiro atoms. The molecular formula is C66H118KLiN2O19Si2. The first-order valence-corrected chi connectivity index (χ1v) is 37.6. The molecule has 25 heteroatoms. The molecule has 21 nitrogen and oxygen atoms in total. The molecule has 516 valence electrons. The maximum absolute atomic E-state index is 11.8. The first-order valence-electron chi connectivity index (χ1n) is 30.8. The second-order valence-corrected chi connectivity index (χ2v) is 42.0. The van der Waals surface area contributed by atoms with Gasteiger partial charge in [0, 0.05) is 41.9 Å². The number of esters is 6. The number of amides is 2. The van der Waals surface area contributed by atoms with Crippen LogP contribution in [0.1, 0.15) is 208 Å². The van der Waals surface area contributed by atoms with Crippen LogP contribution in [-0.2, 0) is 81.1 Å². The van der Waals surface area contributed by atoms with Gasteiger partial charge in [-0.3, -0.25) is 43.2 Å². The van der Waals surface area contributed by atoms with E-state index < -0.39 is 56.9 Å². The van der Waals surface area contributed by atoms with E-state index in [0.29, 0.717) is 49.4 Å². The van der Waals surface area contributed by atoms with E-state index in [1.54, 1.807) is 34.6 Å². The van der Waals surface area contributed by atoms with Crippen molar-refractivity contribution in [1.82, 2.24) is 4.90 Å². The van der Waals surface area contributed by atoms with E-state index in [-0.39, 0.29) is 169 Å². The third kappa shape index (κ3) is 30.5. The molecule has 6 fully saturated rings. The zero-order valence-corrected chi connectivity index (χ0v) is 67.4. The number of likely N-dealkylation sites (tertiary alicyclic amines) is 1. The van der Waals surface area contributed by atoms with Crippen molar-refractivity contribution in [3.05, 3.63) is 4.65 Å². The molecule has 1 saturated heterocycles. The van der Waals surface area contributed by atoms with Crippen molar-refractivity contribution in [3.63, 3.8) is 0 Å². The van der Waals surface area contributed by atoms with E-state index in [1.807, 2.05) is 55.4 Å². The molecule has 0 aromatic rings. The maximum Gasteiger partial charge on any atom is 1.00 e. The SMILES string of the molecule is COC(=O)[C@@H]1CCC(=O)N1C(=O)OC(C)(C)C.COC(=O)[C@@]1(C)CC(=O)C(C)(C)C1.COC(=O)[C@@]1(C)CC(=O)C(C)(C)C1.COC(=O)[C@@]1(C)CCC(C)(C)C1.COC(=O)[C@@]1(C)CCC(C)(C)C1.COC(=O)[C@H]1CC(=O)C(C)(C)C1.C[Si](C)(C)[N-][Si](C)(C)C.[K+].[Li+].[OH-].